The molecule has 1 aliphatic heterocycles. The first-order valence-corrected chi connectivity index (χ1v) is 12.1. The Labute approximate surface area is 178 Å². The Balaban J connectivity index is 1.93. The number of rotatable bonds is 4. The Morgan fingerprint density at radius 1 is 1.31 bits per heavy atom. The van der Waals surface area contributed by atoms with Crippen LogP contribution in [0.15, 0.2) is 34.9 Å². The summed E-state index contributed by atoms with van der Waals surface area (Å²) in [7, 11) is -1.89. The zero-order chi connectivity index (χ0) is 21.2. The number of aromatic nitrogens is 1. The summed E-state index contributed by atoms with van der Waals surface area (Å²) in [4.78, 5) is 19.3. The maximum absolute atomic E-state index is 13.8. The van der Waals surface area contributed by atoms with Gasteiger partial charge in [0, 0.05) is 42.3 Å². The topological polar surface area (TPSA) is 62.3 Å². The lowest BCUT2D eigenvalue weighted by Crippen LogP contribution is -2.30. The van der Waals surface area contributed by atoms with Crippen molar-refractivity contribution >= 4 is 47.2 Å². The van der Waals surface area contributed by atoms with Crippen LogP contribution >= 0.6 is 15.9 Å². The van der Waals surface area contributed by atoms with Crippen molar-refractivity contribution in [1.29, 1.82) is 0 Å². The summed E-state index contributed by atoms with van der Waals surface area (Å²) < 4.78 is 40.0. The molecule has 154 valence electrons. The molecule has 1 aromatic carbocycles. The Bertz CT molecular complexity index is 955. The van der Waals surface area contributed by atoms with Gasteiger partial charge in [-0.25, -0.2) is 13.8 Å². The van der Waals surface area contributed by atoms with E-state index in [1.165, 1.54) is 0 Å². The van der Waals surface area contributed by atoms with Crippen LogP contribution in [0.1, 0.15) is 35.2 Å². The number of anilines is 2. The molecule has 1 fully saturated rings. The summed E-state index contributed by atoms with van der Waals surface area (Å²) >= 11 is 3.40. The molecule has 0 aliphatic carbocycles. The van der Waals surface area contributed by atoms with Gasteiger partial charge in [0.1, 0.15) is 5.82 Å². The van der Waals surface area contributed by atoms with Crippen molar-refractivity contribution in [1.82, 2.24) is 4.98 Å². The molecule has 5 nitrogen and oxygen atoms in total. The predicted octanol–water partition coefficient (Wildman–Crippen LogP) is 4.29. The molecular weight excluding hydrogens is 460 g/mol. The van der Waals surface area contributed by atoms with Gasteiger partial charge in [0.05, 0.1) is 5.56 Å². The molecule has 3 rings (SSSR count). The molecule has 1 amide bonds. The Morgan fingerprint density at radius 2 is 2.07 bits per heavy atom. The maximum Gasteiger partial charge on any atom is 0.308 e. The van der Waals surface area contributed by atoms with Crippen LogP contribution in [0.5, 0.6) is 0 Å². The normalized spacial score (nSPS) is 16.2. The second kappa shape index (κ2) is 8.79. The fourth-order valence-corrected chi connectivity index (χ4v) is 4.35. The van der Waals surface area contributed by atoms with Gasteiger partial charge in [-0.05, 0) is 58.7 Å². The Kier molecular flexibility index (Phi) is 6.57. The molecule has 1 aliphatic rings. The summed E-state index contributed by atoms with van der Waals surface area (Å²) in [6.07, 6.45) is 1.49. The van der Waals surface area contributed by atoms with Crippen LogP contribution < -0.4 is 15.4 Å². The molecule has 29 heavy (non-hydrogen) atoms. The largest absolute Gasteiger partial charge is 0.383 e. The highest BCUT2D eigenvalue weighted by atomic mass is 79.9. The molecule has 1 saturated heterocycles. The quantitative estimate of drug-likeness (QED) is 0.661. The van der Waals surface area contributed by atoms with Crippen LogP contribution in [0.25, 0.3) is 0 Å². The lowest BCUT2D eigenvalue weighted by atomic mass is 10.1. The zero-order valence-electron chi connectivity index (χ0n) is 16.3. The van der Waals surface area contributed by atoms with Gasteiger partial charge in [0.25, 0.3) is 5.91 Å². The van der Waals surface area contributed by atoms with Crippen LogP contribution in [0, 0.1) is 6.92 Å². The number of nitrogens with one attached hydrogen (secondary N) is 1. The minimum Gasteiger partial charge on any atom is -0.383 e. The van der Waals surface area contributed by atoms with E-state index < -0.39 is 14.6 Å². The standard InChI is InChI=1S/C20H22BrF2N3O2Si/c1-13-16(21)12-24-18(26-9-4-7-20(22,23)8-10-26)17(13)19(27)25-14-5-3-6-15(11-14)29(2)28/h3,5-6,11-12H,4,7-10H2,1-2H3,(H,25,27). The minimum absolute atomic E-state index is 0.134. The average molecular weight is 482 g/mol. The maximum atomic E-state index is 13.8. The van der Waals surface area contributed by atoms with Gasteiger partial charge in [0.2, 0.25) is 5.92 Å². The first kappa shape index (κ1) is 21.7. The number of halogens is 3. The van der Waals surface area contributed by atoms with Crippen LogP contribution in [0.4, 0.5) is 20.3 Å². The first-order valence-electron chi connectivity index (χ1n) is 9.38. The van der Waals surface area contributed by atoms with E-state index in [1.807, 2.05) is 0 Å². The number of amides is 1. The second-order valence-corrected chi connectivity index (χ2v) is 9.76. The Hall–Kier alpha value is -2.00. The van der Waals surface area contributed by atoms with Crippen molar-refractivity contribution in [2.24, 2.45) is 0 Å². The molecule has 9 heteroatoms. The van der Waals surface area contributed by atoms with Gasteiger partial charge >= 0.3 is 8.68 Å². The van der Waals surface area contributed by atoms with Gasteiger partial charge in [0.15, 0.2) is 0 Å². The Morgan fingerprint density at radius 3 is 2.79 bits per heavy atom. The number of carbonyl (C=O) groups is 1. The molecule has 2 heterocycles. The zero-order valence-corrected chi connectivity index (χ0v) is 18.9. The van der Waals surface area contributed by atoms with E-state index in [4.69, 9.17) is 0 Å². The minimum atomic E-state index is -2.69. The summed E-state index contributed by atoms with van der Waals surface area (Å²) in [5, 5.41) is 3.51. The average Bonchev–Trinajstić information content (AvgIpc) is 2.84. The van der Waals surface area contributed by atoms with Gasteiger partial charge in [-0.2, -0.15) is 0 Å². The van der Waals surface area contributed by atoms with E-state index in [0.717, 1.165) is 0 Å². The highest BCUT2D eigenvalue weighted by Gasteiger charge is 2.33. The van der Waals surface area contributed by atoms with Crippen molar-refractivity contribution in [3.63, 3.8) is 0 Å². The van der Waals surface area contributed by atoms with E-state index in [2.05, 4.69) is 26.2 Å². The number of pyridine rings is 1. The van der Waals surface area contributed by atoms with Crippen molar-refractivity contribution < 1.29 is 18.0 Å². The molecule has 0 atom stereocenters. The molecule has 2 aromatic rings. The summed E-state index contributed by atoms with van der Waals surface area (Å²) in [6, 6.07) is 6.90. The summed E-state index contributed by atoms with van der Waals surface area (Å²) in [6.45, 7) is 3.98. The van der Waals surface area contributed by atoms with E-state index in [9.17, 15) is 18.0 Å². The third kappa shape index (κ3) is 5.13. The lowest BCUT2D eigenvalue weighted by molar-refractivity contribution is -0.0102. The molecule has 0 radical (unpaired) electrons. The van der Waals surface area contributed by atoms with Gasteiger partial charge < -0.3 is 14.7 Å². The van der Waals surface area contributed by atoms with Crippen LogP contribution in [-0.4, -0.2) is 38.6 Å². The molecule has 0 spiro atoms. The molecule has 0 unspecified atom stereocenters. The van der Waals surface area contributed by atoms with Crippen molar-refractivity contribution in [3.8, 4) is 0 Å². The monoisotopic (exact) mass is 481 g/mol. The fraction of sp³-hybridized carbons (Fsp3) is 0.400. The molecule has 0 bridgehead atoms. The number of nitrogens with zero attached hydrogens (tertiary/aromatic N) is 2. The SMILES string of the molecule is Cc1c(Br)cnc(N2CCCC(F)(F)CC2)c1C(=O)Nc1cccc([Si](C)=O)c1. The van der Waals surface area contributed by atoms with Gasteiger partial charge in [-0.3, -0.25) is 4.79 Å². The van der Waals surface area contributed by atoms with Crippen molar-refractivity contribution in [3.05, 3.63) is 46.1 Å². The third-order valence-corrected chi connectivity index (χ3v) is 6.95. The highest BCUT2D eigenvalue weighted by Crippen LogP contribution is 2.33. The molecular formula is C20H22BrF2N3O2Si. The van der Waals surface area contributed by atoms with Gasteiger partial charge in [-0.1, -0.05) is 12.1 Å². The van der Waals surface area contributed by atoms with Crippen molar-refractivity contribution in [2.75, 3.05) is 23.3 Å². The van der Waals surface area contributed by atoms with E-state index >= 15 is 0 Å². The number of benzene rings is 1. The third-order valence-electron chi connectivity index (χ3n) is 5.03. The number of alkyl halides is 2. The van der Waals surface area contributed by atoms with E-state index in [-0.39, 0.29) is 25.3 Å². The lowest BCUT2D eigenvalue weighted by Gasteiger charge is -2.25. The van der Waals surface area contributed by atoms with Crippen LogP contribution in [-0.2, 0) is 4.46 Å². The van der Waals surface area contributed by atoms with E-state index in [1.54, 1.807) is 48.8 Å². The molecule has 1 N–H and O–H groups in total. The fourth-order valence-electron chi connectivity index (χ4n) is 3.36. The highest BCUT2D eigenvalue weighted by molar-refractivity contribution is 9.10. The van der Waals surface area contributed by atoms with Crippen molar-refractivity contribution in [2.45, 2.75) is 38.7 Å². The summed E-state index contributed by atoms with van der Waals surface area (Å²) in [5.74, 6) is -2.67. The number of carbonyl (C=O) groups excluding carboxylic acids is 1. The molecule has 1 aromatic heterocycles. The van der Waals surface area contributed by atoms with Gasteiger partial charge in [-0.15, -0.1) is 0 Å². The molecule has 0 saturated carbocycles. The number of hydrogen-bond donors (Lipinski definition) is 1. The number of hydrogen-bond acceptors (Lipinski definition) is 4. The second-order valence-electron chi connectivity index (χ2n) is 7.22. The van der Waals surface area contributed by atoms with Crippen LogP contribution in [0.2, 0.25) is 6.55 Å². The van der Waals surface area contributed by atoms with E-state index in [0.29, 0.717) is 45.3 Å². The van der Waals surface area contributed by atoms with Crippen LogP contribution in [0.3, 0.4) is 0 Å². The summed E-state index contributed by atoms with van der Waals surface area (Å²) in [5.41, 5.74) is 1.56. The predicted molar refractivity (Wildman–Crippen MR) is 114 cm³/mol. The smallest absolute Gasteiger partial charge is 0.308 e. The first-order chi connectivity index (χ1) is 13.7.